The van der Waals surface area contributed by atoms with Crippen LogP contribution >= 0.6 is 0 Å². The van der Waals surface area contributed by atoms with Crippen molar-refractivity contribution in [3.8, 4) is 28.8 Å². The monoisotopic (exact) mass is 494 g/mol. The van der Waals surface area contributed by atoms with Crippen LogP contribution in [-0.2, 0) is 9.59 Å². The van der Waals surface area contributed by atoms with Gasteiger partial charge in [-0.2, -0.15) is 10.4 Å². The van der Waals surface area contributed by atoms with Crippen LogP contribution in [-0.4, -0.2) is 39.6 Å². The van der Waals surface area contributed by atoms with Gasteiger partial charge in [-0.05, 0) is 67.8 Å². The third-order valence-electron chi connectivity index (χ3n) is 6.22. The molecule has 37 heavy (non-hydrogen) atoms. The van der Waals surface area contributed by atoms with E-state index in [1.807, 2.05) is 73.8 Å². The van der Waals surface area contributed by atoms with Crippen LogP contribution in [0.25, 0.3) is 23.0 Å². The van der Waals surface area contributed by atoms with Crippen LogP contribution in [0.5, 0.6) is 5.75 Å². The van der Waals surface area contributed by atoms with Crippen LogP contribution in [0.3, 0.4) is 0 Å². The van der Waals surface area contributed by atoms with Crippen molar-refractivity contribution in [2.24, 2.45) is 0 Å². The molecule has 188 valence electrons. The van der Waals surface area contributed by atoms with Gasteiger partial charge >= 0.3 is 0 Å². The zero-order chi connectivity index (χ0) is 26.4. The number of nitrogens with zero attached hydrogens (tertiary/aromatic N) is 4. The quantitative estimate of drug-likeness (QED) is 0.280. The van der Waals surface area contributed by atoms with Gasteiger partial charge in [-0.3, -0.25) is 14.5 Å². The minimum Gasteiger partial charge on any atom is -0.494 e. The van der Waals surface area contributed by atoms with E-state index in [9.17, 15) is 14.9 Å². The molecule has 0 saturated heterocycles. The summed E-state index contributed by atoms with van der Waals surface area (Å²) in [5, 5.41) is 14.5. The number of benzene rings is 2. The van der Waals surface area contributed by atoms with Gasteiger partial charge in [-0.1, -0.05) is 38.5 Å². The fourth-order valence-electron chi connectivity index (χ4n) is 4.16. The Kier molecular flexibility index (Phi) is 7.99. The molecule has 7 heteroatoms. The number of hydrogen-bond donors (Lipinski definition) is 0. The van der Waals surface area contributed by atoms with Crippen molar-refractivity contribution in [3.63, 3.8) is 0 Å². The predicted octanol–water partition coefficient (Wildman–Crippen LogP) is 5.72. The van der Waals surface area contributed by atoms with Gasteiger partial charge in [-0.25, -0.2) is 4.68 Å². The molecule has 0 radical (unpaired) electrons. The molecule has 1 aliphatic heterocycles. The maximum Gasteiger partial charge on any atom is 0.271 e. The maximum atomic E-state index is 13.4. The lowest BCUT2D eigenvalue weighted by Crippen LogP contribution is -2.43. The van der Waals surface area contributed by atoms with Gasteiger partial charge in [-0.15, -0.1) is 0 Å². The number of imide groups is 1. The maximum absolute atomic E-state index is 13.4. The fourth-order valence-corrected chi connectivity index (χ4v) is 4.16. The van der Waals surface area contributed by atoms with Crippen molar-refractivity contribution in [1.29, 1.82) is 5.26 Å². The average Bonchev–Trinajstić information content (AvgIpc) is 3.35. The van der Waals surface area contributed by atoms with Gasteiger partial charge in [0, 0.05) is 29.4 Å². The number of para-hydroxylation sites is 1. The van der Waals surface area contributed by atoms with E-state index >= 15 is 0 Å². The molecule has 0 atom stereocenters. The van der Waals surface area contributed by atoms with E-state index < -0.39 is 11.8 Å². The van der Waals surface area contributed by atoms with E-state index in [0.29, 0.717) is 35.4 Å². The Labute approximate surface area is 217 Å². The Morgan fingerprint density at radius 2 is 1.73 bits per heavy atom. The zero-order valence-electron chi connectivity index (χ0n) is 21.4. The Hall–Kier alpha value is -4.44. The van der Waals surface area contributed by atoms with Crippen molar-refractivity contribution in [2.75, 3.05) is 13.2 Å². The van der Waals surface area contributed by atoms with Gasteiger partial charge in [0.15, 0.2) is 0 Å². The SMILES string of the molecule is CCCCN1C(=O)C(C#N)=C(C)/C(=C\c2cn(-c3ccccc3)nc2-c2ccc(OCCC)cc2)C1=O. The molecule has 0 spiro atoms. The number of nitriles is 1. The second kappa shape index (κ2) is 11.5. The first-order valence-corrected chi connectivity index (χ1v) is 12.6. The van der Waals surface area contributed by atoms with Gasteiger partial charge in [0.05, 0.1) is 18.0 Å². The van der Waals surface area contributed by atoms with Gasteiger partial charge in [0.25, 0.3) is 11.8 Å². The molecule has 0 saturated carbocycles. The highest BCUT2D eigenvalue weighted by atomic mass is 16.5. The third kappa shape index (κ3) is 5.39. The number of amides is 2. The summed E-state index contributed by atoms with van der Waals surface area (Å²) in [6.07, 6.45) is 6.02. The normalized spacial score (nSPS) is 14.9. The lowest BCUT2D eigenvalue weighted by Gasteiger charge is -2.27. The van der Waals surface area contributed by atoms with Gasteiger partial charge in [0.2, 0.25) is 0 Å². The van der Waals surface area contributed by atoms with Crippen molar-refractivity contribution in [2.45, 2.75) is 40.0 Å². The highest BCUT2D eigenvalue weighted by molar-refractivity contribution is 6.19. The summed E-state index contributed by atoms with van der Waals surface area (Å²) >= 11 is 0. The van der Waals surface area contributed by atoms with Crippen molar-refractivity contribution in [3.05, 3.63) is 83.1 Å². The first-order chi connectivity index (χ1) is 18.0. The van der Waals surface area contributed by atoms with E-state index in [0.717, 1.165) is 29.8 Å². The molecule has 3 aromatic rings. The minimum atomic E-state index is -0.529. The number of rotatable bonds is 9. The van der Waals surface area contributed by atoms with Crippen molar-refractivity contribution >= 4 is 17.9 Å². The lowest BCUT2D eigenvalue weighted by atomic mass is 9.93. The Morgan fingerprint density at radius 3 is 2.38 bits per heavy atom. The van der Waals surface area contributed by atoms with Crippen molar-refractivity contribution < 1.29 is 14.3 Å². The Bertz CT molecular complexity index is 1390. The molecular weight excluding hydrogens is 464 g/mol. The first-order valence-electron chi connectivity index (χ1n) is 12.6. The molecule has 1 aliphatic rings. The molecule has 0 bridgehead atoms. The fraction of sp³-hybridized carbons (Fsp3) is 0.267. The molecule has 2 aromatic carbocycles. The number of aromatic nitrogens is 2. The van der Waals surface area contributed by atoms with E-state index in [2.05, 4.69) is 6.92 Å². The second-order valence-electron chi connectivity index (χ2n) is 8.87. The first kappa shape index (κ1) is 25.6. The number of hydrogen-bond acceptors (Lipinski definition) is 5. The van der Waals surface area contributed by atoms with Crippen LogP contribution in [0, 0.1) is 11.3 Å². The van der Waals surface area contributed by atoms with Gasteiger partial charge < -0.3 is 4.74 Å². The molecular formula is C30H30N4O3. The van der Waals surface area contributed by atoms with Crippen LogP contribution in [0.1, 0.15) is 45.6 Å². The largest absolute Gasteiger partial charge is 0.494 e. The molecule has 0 aliphatic carbocycles. The molecule has 0 unspecified atom stereocenters. The molecule has 0 fully saturated rings. The Morgan fingerprint density at radius 1 is 1.00 bits per heavy atom. The third-order valence-corrected chi connectivity index (χ3v) is 6.22. The summed E-state index contributed by atoms with van der Waals surface area (Å²) in [6, 6.07) is 19.4. The predicted molar refractivity (Wildman–Crippen MR) is 143 cm³/mol. The summed E-state index contributed by atoms with van der Waals surface area (Å²) < 4.78 is 7.49. The summed E-state index contributed by atoms with van der Waals surface area (Å²) in [5.41, 5.74) is 3.81. The van der Waals surface area contributed by atoms with E-state index in [1.165, 1.54) is 4.90 Å². The highest BCUT2D eigenvalue weighted by Gasteiger charge is 2.35. The summed E-state index contributed by atoms with van der Waals surface area (Å²) in [4.78, 5) is 27.5. The number of carbonyl (C=O) groups excluding carboxylic acids is 2. The van der Waals surface area contributed by atoms with E-state index in [-0.39, 0.29) is 12.1 Å². The summed E-state index contributed by atoms with van der Waals surface area (Å²) in [6.45, 7) is 6.62. The van der Waals surface area contributed by atoms with E-state index in [1.54, 1.807) is 17.7 Å². The molecule has 2 heterocycles. The average molecular weight is 495 g/mol. The number of unbranched alkanes of at least 4 members (excludes halogenated alkanes) is 1. The molecule has 4 rings (SSSR count). The van der Waals surface area contributed by atoms with Crippen LogP contribution in [0.4, 0.5) is 0 Å². The van der Waals surface area contributed by atoms with Crippen LogP contribution < -0.4 is 4.74 Å². The summed E-state index contributed by atoms with van der Waals surface area (Å²) in [5.74, 6) is -0.145. The highest BCUT2D eigenvalue weighted by Crippen LogP contribution is 2.32. The van der Waals surface area contributed by atoms with Gasteiger partial charge in [0.1, 0.15) is 17.4 Å². The standard InChI is InChI=1S/C30H30N4O3/c1-4-6-16-33-29(35)26(21(3)27(19-31)30(33)36)18-23-20-34(24-10-8-7-9-11-24)32-28(23)22-12-14-25(15-13-22)37-17-5-2/h7-15,18,20H,4-6,16-17H2,1-3H3/b26-18+. The Balaban J connectivity index is 1.84. The van der Waals surface area contributed by atoms with Crippen molar-refractivity contribution in [1.82, 2.24) is 14.7 Å². The topological polar surface area (TPSA) is 88.2 Å². The summed E-state index contributed by atoms with van der Waals surface area (Å²) in [7, 11) is 0. The molecule has 1 aromatic heterocycles. The molecule has 2 amide bonds. The van der Waals surface area contributed by atoms with Crippen LogP contribution in [0.15, 0.2) is 77.5 Å². The minimum absolute atomic E-state index is 0.00335. The second-order valence-corrected chi connectivity index (χ2v) is 8.87. The molecule has 0 N–H and O–H groups in total. The van der Waals surface area contributed by atoms with Crippen LogP contribution in [0.2, 0.25) is 0 Å². The number of ether oxygens (including phenoxy) is 1. The zero-order valence-corrected chi connectivity index (χ0v) is 21.4. The lowest BCUT2D eigenvalue weighted by molar-refractivity contribution is -0.140. The number of carbonyl (C=O) groups is 2. The van der Waals surface area contributed by atoms with E-state index in [4.69, 9.17) is 9.84 Å². The molecule has 7 nitrogen and oxygen atoms in total. The smallest absolute Gasteiger partial charge is 0.271 e.